The van der Waals surface area contributed by atoms with Crippen molar-refractivity contribution < 1.29 is 8.98 Å². The van der Waals surface area contributed by atoms with Gasteiger partial charge in [-0.3, -0.25) is 4.79 Å². The summed E-state index contributed by atoms with van der Waals surface area (Å²) >= 11 is 3.58. The van der Waals surface area contributed by atoms with Crippen LogP contribution in [0.4, 0.5) is 5.69 Å². The third kappa shape index (κ3) is 3.89. The molecule has 3 nitrogen and oxygen atoms in total. The van der Waals surface area contributed by atoms with Gasteiger partial charge in [0.1, 0.15) is 0 Å². The Labute approximate surface area is 131 Å². The summed E-state index contributed by atoms with van der Waals surface area (Å²) in [5.74, 6) is 0.393. The van der Waals surface area contributed by atoms with Crippen LogP contribution < -0.4 is 4.90 Å². The van der Waals surface area contributed by atoms with E-state index in [-0.39, 0.29) is 5.91 Å². The van der Waals surface area contributed by atoms with E-state index in [9.17, 15) is 4.79 Å². The topological polar surface area (TPSA) is 29.5 Å². The third-order valence-corrected chi connectivity index (χ3v) is 3.99. The summed E-state index contributed by atoms with van der Waals surface area (Å²) in [6, 6.07) is 7.95. The molecule has 1 aromatic carbocycles. The van der Waals surface area contributed by atoms with Crippen LogP contribution >= 0.6 is 34.6 Å². The molecule has 0 unspecified atom stereocenters. The minimum absolute atomic E-state index is 0.0550. The molecule has 0 atom stereocenters. The summed E-state index contributed by atoms with van der Waals surface area (Å²) < 4.78 is 6.68. The highest BCUT2D eigenvalue weighted by atomic mass is 127. The number of carbonyl (C=O) groups excluding carboxylic acids is 1. The number of nitrogens with zero attached hydrogens (tertiary/aromatic N) is 1. The molecule has 5 heteroatoms. The van der Waals surface area contributed by atoms with Crippen LogP contribution in [-0.4, -0.2) is 17.7 Å². The fraction of sp³-hybridized carbons (Fsp3) is 0.357. The Morgan fingerprint density at radius 3 is 2.63 bits per heavy atom. The van der Waals surface area contributed by atoms with Gasteiger partial charge in [-0.15, -0.1) is 0 Å². The summed E-state index contributed by atoms with van der Waals surface area (Å²) in [7, 11) is 0. The van der Waals surface area contributed by atoms with Gasteiger partial charge in [-0.05, 0) is 59.4 Å². The number of anilines is 1. The Kier molecular flexibility index (Phi) is 5.15. The fourth-order valence-electron chi connectivity index (χ4n) is 1.73. The van der Waals surface area contributed by atoms with E-state index in [2.05, 4.69) is 22.6 Å². The zero-order valence-electron chi connectivity index (χ0n) is 10.9. The van der Waals surface area contributed by atoms with E-state index in [1.54, 1.807) is 4.90 Å². The van der Waals surface area contributed by atoms with Gasteiger partial charge in [0.25, 0.3) is 5.91 Å². The molecule has 1 aliphatic heterocycles. The van der Waals surface area contributed by atoms with E-state index >= 15 is 0 Å². The van der Waals surface area contributed by atoms with Gasteiger partial charge in [0.2, 0.25) is 0 Å². The van der Waals surface area contributed by atoms with Crippen molar-refractivity contribution >= 4 is 46.2 Å². The average molecular weight is 389 g/mol. The first kappa shape index (κ1) is 14.7. The summed E-state index contributed by atoms with van der Waals surface area (Å²) in [6.45, 7) is 4.78. The molecule has 2 rings (SSSR count). The molecule has 1 aliphatic rings. The van der Waals surface area contributed by atoms with Gasteiger partial charge in [-0.1, -0.05) is 13.8 Å². The van der Waals surface area contributed by atoms with Crippen LogP contribution in [0.3, 0.4) is 0 Å². The zero-order valence-corrected chi connectivity index (χ0v) is 13.9. The van der Waals surface area contributed by atoms with Crippen molar-refractivity contribution in [1.82, 2.24) is 0 Å². The molecule has 102 valence electrons. The van der Waals surface area contributed by atoms with Crippen molar-refractivity contribution in [3.63, 3.8) is 0 Å². The van der Waals surface area contributed by atoms with Gasteiger partial charge < -0.3 is 9.08 Å². The second-order valence-corrected chi connectivity index (χ2v) is 7.07. The van der Waals surface area contributed by atoms with E-state index in [4.69, 9.17) is 4.18 Å². The minimum atomic E-state index is -0.0550. The Hall–Kier alpha value is -0.690. The van der Waals surface area contributed by atoms with Crippen molar-refractivity contribution in [1.29, 1.82) is 0 Å². The third-order valence-electron chi connectivity index (χ3n) is 2.61. The second-order valence-electron chi connectivity index (χ2n) is 4.52. The number of hydrogen-bond acceptors (Lipinski definition) is 3. The van der Waals surface area contributed by atoms with Gasteiger partial charge in [-0.2, -0.15) is 0 Å². The van der Waals surface area contributed by atoms with Gasteiger partial charge >= 0.3 is 0 Å². The molecule has 0 spiro atoms. The lowest BCUT2D eigenvalue weighted by Crippen LogP contribution is -2.36. The molecular weight excluding hydrogens is 373 g/mol. The first-order chi connectivity index (χ1) is 9.08. The molecule has 19 heavy (non-hydrogen) atoms. The monoisotopic (exact) mass is 389 g/mol. The van der Waals surface area contributed by atoms with E-state index in [0.717, 1.165) is 15.7 Å². The molecular formula is C14H16INO2S. The van der Waals surface area contributed by atoms with Crippen LogP contribution in [0.5, 0.6) is 0 Å². The molecule has 1 heterocycles. The lowest BCUT2D eigenvalue weighted by Gasteiger charge is -2.26. The van der Waals surface area contributed by atoms with Crippen molar-refractivity contribution in [2.45, 2.75) is 25.5 Å². The van der Waals surface area contributed by atoms with Crippen molar-refractivity contribution in [3.8, 4) is 0 Å². The summed E-state index contributed by atoms with van der Waals surface area (Å²) in [6.07, 6.45) is 2.70. The van der Waals surface area contributed by atoms with Crippen LogP contribution in [0.2, 0.25) is 0 Å². The highest BCUT2D eigenvalue weighted by Gasteiger charge is 2.25. The van der Waals surface area contributed by atoms with E-state index in [1.807, 2.05) is 44.2 Å². The van der Waals surface area contributed by atoms with E-state index < -0.39 is 0 Å². The SMILES string of the molecule is CC(C)SOC1=CCCN(c2ccc(I)cc2)C1=O. The van der Waals surface area contributed by atoms with Gasteiger partial charge in [0.05, 0.1) is 12.0 Å². The van der Waals surface area contributed by atoms with Crippen LogP contribution in [0.1, 0.15) is 20.3 Å². The minimum Gasteiger partial charge on any atom is -0.420 e. The van der Waals surface area contributed by atoms with Crippen LogP contribution in [0, 0.1) is 3.57 Å². The highest BCUT2D eigenvalue weighted by Crippen LogP contribution is 2.25. The molecule has 0 aliphatic carbocycles. The van der Waals surface area contributed by atoms with Crippen molar-refractivity contribution in [2.24, 2.45) is 0 Å². The zero-order chi connectivity index (χ0) is 13.8. The molecule has 0 N–H and O–H groups in total. The quantitative estimate of drug-likeness (QED) is 0.576. The summed E-state index contributed by atoms with van der Waals surface area (Å²) in [5, 5.41) is 0.336. The van der Waals surface area contributed by atoms with E-state index in [1.165, 1.54) is 12.0 Å². The number of amides is 1. The molecule has 1 aromatic rings. The number of benzene rings is 1. The molecule has 0 saturated heterocycles. The largest absolute Gasteiger partial charge is 0.420 e. The Bertz CT molecular complexity index is 485. The Morgan fingerprint density at radius 2 is 2.00 bits per heavy atom. The Morgan fingerprint density at radius 1 is 1.32 bits per heavy atom. The fourth-order valence-corrected chi connectivity index (χ4v) is 2.53. The maximum atomic E-state index is 12.3. The lowest BCUT2D eigenvalue weighted by molar-refractivity contribution is -0.117. The standard InChI is InChI=1S/C14H16INO2S/c1-10(2)19-18-13-4-3-9-16(14(13)17)12-7-5-11(15)6-8-12/h4-8,10H,3,9H2,1-2H3. The number of halogens is 1. The number of carbonyl (C=O) groups is 1. The average Bonchev–Trinajstić information content (AvgIpc) is 2.39. The van der Waals surface area contributed by atoms with E-state index in [0.29, 0.717) is 17.6 Å². The molecule has 0 saturated carbocycles. The second kappa shape index (κ2) is 6.65. The molecule has 0 radical (unpaired) electrons. The maximum absolute atomic E-state index is 12.3. The molecule has 0 fully saturated rings. The first-order valence-electron chi connectivity index (χ1n) is 6.19. The number of hydrogen-bond donors (Lipinski definition) is 0. The first-order valence-corrected chi connectivity index (χ1v) is 8.07. The maximum Gasteiger partial charge on any atom is 0.294 e. The van der Waals surface area contributed by atoms with Crippen molar-refractivity contribution in [3.05, 3.63) is 39.7 Å². The highest BCUT2D eigenvalue weighted by molar-refractivity contribution is 14.1. The molecule has 0 bridgehead atoms. The normalized spacial score (nSPS) is 15.7. The van der Waals surface area contributed by atoms with Gasteiger partial charge in [0.15, 0.2) is 5.76 Å². The van der Waals surface area contributed by atoms with Gasteiger partial charge in [0, 0.05) is 21.1 Å². The lowest BCUT2D eigenvalue weighted by atomic mass is 10.2. The van der Waals surface area contributed by atoms with Crippen molar-refractivity contribution in [2.75, 3.05) is 11.4 Å². The van der Waals surface area contributed by atoms with Gasteiger partial charge in [-0.25, -0.2) is 0 Å². The molecule has 1 amide bonds. The smallest absolute Gasteiger partial charge is 0.294 e. The molecule has 0 aromatic heterocycles. The van der Waals surface area contributed by atoms with Crippen LogP contribution in [-0.2, 0) is 8.98 Å². The predicted molar refractivity (Wildman–Crippen MR) is 88.0 cm³/mol. The number of rotatable bonds is 4. The summed E-state index contributed by atoms with van der Waals surface area (Å²) in [4.78, 5) is 14.1. The van der Waals surface area contributed by atoms with Crippen LogP contribution in [0.15, 0.2) is 36.1 Å². The summed E-state index contributed by atoms with van der Waals surface area (Å²) in [5.41, 5.74) is 0.925. The predicted octanol–water partition coefficient (Wildman–Crippen LogP) is 3.99. The Balaban J connectivity index is 2.10. The van der Waals surface area contributed by atoms with Crippen LogP contribution in [0.25, 0.3) is 0 Å².